The topological polar surface area (TPSA) is 82.7 Å². The van der Waals surface area contributed by atoms with Crippen LogP contribution < -0.4 is 9.26 Å². The number of nitriles is 1. The molecule has 0 amide bonds. The van der Waals surface area contributed by atoms with Crippen LogP contribution in [0.4, 0.5) is 0 Å². The molecule has 0 saturated heterocycles. The zero-order valence-electron chi connectivity index (χ0n) is 6.41. The maximum absolute atomic E-state index is 8.49. The minimum atomic E-state index is -2.40. The van der Waals surface area contributed by atoms with Crippen LogP contribution >= 0.6 is 8.60 Å². The first-order valence-electron chi connectivity index (χ1n) is 3.24. The second-order valence-corrected chi connectivity index (χ2v) is 2.70. The Morgan fingerprint density at radius 2 is 1.69 bits per heavy atom. The molecule has 1 rings (SSSR count). The predicted molar refractivity (Wildman–Crippen MR) is 44.7 cm³/mol. The van der Waals surface area contributed by atoms with Gasteiger partial charge in [0, 0.05) is 0 Å². The first kappa shape index (κ1) is 9.75. The zero-order chi connectivity index (χ0) is 9.68. The van der Waals surface area contributed by atoms with Gasteiger partial charge < -0.3 is 19.0 Å². The largest absolute Gasteiger partial charge is 0.427 e. The summed E-state index contributed by atoms with van der Waals surface area (Å²) < 4.78 is 9.08. The molecule has 0 atom stereocenters. The molecule has 0 radical (unpaired) electrons. The highest BCUT2D eigenvalue weighted by Gasteiger charge is 2.02. The monoisotopic (exact) mass is 199 g/mol. The normalized spacial score (nSPS) is 9.38. The Morgan fingerprint density at radius 1 is 1.15 bits per heavy atom. The number of hydrogen-bond acceptors (Lipinski definition) is 5. The van der Waals surface area contributed by atoms with E-state index >= 15 is 0 Å². The van der Waals surface area contributed by atoms with E-state index in [-0.39, 0.29) is 0 Å². The molecule has 0 heterocycles. The standard InChI is InChI=1S/C7H6NO4P/c8-5-11-6-1-3-7(4-2-6)12-13(9)10/h1-4,9-10H. The second-order valence-electron chi connectivity index (χ2n) is 2.01. The van der Waals surface area contributed by atoms with Gasteiger partial charge in [-0.2, -0.15) is 0 Å². The van der Waals surface area contributed by atoms with Crippen LogP contribution in [0.25, 0.3) is 0 Å². The van der Waals surface area contributed by atoms with Gasteiger partial charge in [-0.15, -0.1) is 5.26 Å². The number of hydrogen-bond donors (Lipinski definition) is 2. The van der Waals surface area contributed by atoms with Gasteiger partial charge in [0.15, 0.2) is 0 Å². The predicted octanol–water partition coefficient (Wildman–Crippen LogP) is 1.14. The summed E-state index contributed by atoms with van der Waals surface area (Å²) in [4.78, 5) is 17.0. The summed E-state index contributed by atoms with van der Waals surface area (Å²) >= 11 is 0. The number of nitrogens with zero attached hydrogens (tertiary/aromatic N) is 1. The Labute approximate surface area is 75.8 Å². The summed E-state index contributed by atoms with van der Waals surface area (Å²) in [6, 6.07) is 5.90. The van der Waals surface area contributed by atoms with Gasteiger partial charge in [-0.1, -0.05) is 0 Å². The molecule has 0 saturated carbocycles. The van der Waals surface area contributed by atoms with Crippen molar-refractivity contribution < 1.29 is 19.0 Å². The van der Waals surface area contributed by atoms with Gasteiger partial charge in [-0.3, -0.25) is 0 Å². The average Bonchev–Trinajstić information content (AvgIpc) is 2.08. The summed E-state index contributed by atoms with van der Waals surface area (Å²) in [5.74, 6) is 0.677. The molecule has 0 aliphatic rings. The van der Waals surface area contributed by atoms with Crippen LogP contribution in [-0.2, 0) is 0 Å². The highest BCUT2D eigenvalue weighted by Crippen LogP contribution is 2.29. The maximum Gasteiger partial charge on any atom is 0.391 e. The van der Waals surface area contributed by atoms with E-state index in [1.165, 1.54) is 30.5 Å². The van der Waals surface area contributed by atoms with Crippen LogP contribution in [0.1, 0.15) is 0 Å². The lowest BCUT2D eigenvalue weighted by atomic mass is 10.3. The summed E-state index contributed by atoms with van der Waals surface area (Å²) in [5, 5.41) is 8.15. The third kappa shape index (κ3) is 3.26. The molecule has 0 bridgehead atoms. The fraction of sp³-hybridized carbons (Fsp3) is 0. The van der Waals surface area contributed by atoms with Crippen LogP contribution in [-0.4, -0.2) is 9.79 Å². The number of rotatable bonds is 3. The fourth-order valence-electron chi connectivity index (χ4n) is 0.716. The highest BCUT2D eigenvalue weighted by atomic mass is 31.2. The first-order chi connectivity index (χ1) is 6.22. The van der Waals surface area contributed by atoms with Gasteiger partial charge in [0.25, 0.3) is 6.26 Å². The van der Waals surface area contributed by atoms with Crippen LogP contribution in [0.2, 0.25) is 0 Å². The smallest absolute Gasteiger partial charge is 0.391 e. The molecule has 2 N–H and O–H groups in total. The lowest BCUT2D eigenvalue weighted by Crippen LogP contribution is -1.85. The van der Waals surface area contributed by atoms with Gasteiger partial charge in [-0.25, -0.2) is 0 Å². The highest BCUT2D eigenvalue weighted by molar-refractivity contribution is 7.39. The summed E-state index contributed by atoms with van der Waals surface area (Å²) in [6.07, 6.45) is 1.51. The van der Waals surface area contributed by atoms with Gasteiger partial charge in [-0.05, 0) is 24.3 Å². The molecule has 0 aromatic heterocycles. The van der Waals surface area contributed by atoms with E-state index in [1.54, 1.807) is 0 Å². The van der Waals surface area contributed by atoms with E-state index in [0.717, 1.165) is 0 Å². The molecule has 6 heteroatoms. The van der Waals surface area contributed by atoms with Crippen molar-refractivity contribution in [3.63, 3.8) is 0 Å². The van der Waals surface area contributed by atoms with Crippen LogP contribution in [0.5, 0.6) is 11.5 Å². The van der Waals surface area contributed by atoms with E-state index in [1.807, 2.05) is 0 Å². The van der Waals surface area contributed by atoms with Crippen LogP contribution in [0.15, 0.2) is 24.3 Å². The zero-order valence-corrected chi connectivity index (χ0v) is 7.31. The minimum Gasteiger partial charge on any atom is -0.427 e. The van der Waals surface area contributed by atoms with Crippen molar-refractivity contribution in [2.24, 2.45) is 0 Å². The molecule has 5 nitrogen and oxygen atoms in total. The fourth-order valence-corrected chi connectivity index (χ4v) is 1.03. The summed E-state index contributed by atoms with van der Waals surface area (Å²) in [6.45, 7) is 0. The van der Waals surface area contributed by atoms with Gasteiger partial charge in [0.05, 0.1) is 0 Å². The van der Waals surface area contributed by atoms with E-state index in [4.69, 9.17) is 15.0 Å². The first-order valence-corrected chi connectivity index (χ1v) is 4.41. The SMILES string of the molecule is N#COc1ccc(OP(O)O)cc1. The number of ether oxygens (including phenoxy) is 1. The van der Waals surface area contributed by atoms with Gasteiger partial charge >= 0.3 is 8.60 Å². The molecular formula is C7H6NO4P. The summed E-state index contributed by atoms with van der Waals surface area (Å²) in [5.41, 5.74) is 0. The van der Waals surface area contributed by atoms with E-state index in [0.29, 0.717) is 11.5 Å². The Kier molecular flexibility index (Phi) is 3.47. The van der Waals surface area contributed by atoms with Crippen molar-refractivity contribution in [2.75, 3.05) is 0 Å². The Hall–Kier alpha value is -1.34. The quantitative estimate of drug-likeness (QED) is 0.563. The molecule has 0 spiro atoms. The van der Waals surface area contributed by atoms with Gasteiger partial charge in [0.1, 0.15) is 11.5 Å². The second kappa shape index (κ2) is 4.63. The third-order valence-electron chi connectivity index (χ3n) is 1.17. The summed E-state index contributed by atoms with van der Waals surface area (Å²) in [7, 11) is -2.40. The van der Waals surface area contributed by atoms with E-state index in [9.17, 15) is 0 Å². The molecule has 1 aromatic rings. The van der Waals surface area contributed by atoms with Crippen LogP contribution in [0, 0.1) is 11.5 Å². The lowest BCUT2D eigenvalue weighted by Gasteiger charge is -2.04. The third-order valence-corrected chi connectivity index (χ3v) is 1.55. The lowest BCUT2D eigenvalue weighted by molar-refractivity contribution is 0.374. The van der Waals surface area contributed by atoms with E-state index < -0.39 is 8.60 Å². The van der Waals surface area contributed by atoms with Crippen molar-refractivity contribution in [1.29, 1.82) is 5.26 Å². The molecular weight excluding hydrogens is 193 g/mol. The number of benzene rings is 1. The molecule has 0 fully saturated rings. The average molecular weight is 199 g/mol. The molecule has 13 heavy (non-hydrogen) atoms. The van der Waals surface area contributed by atoms with Crippen molar-refractivity contribution in [3.05, 3.63) is 24.3 Å². The molecule has 0 unspecified atom stereocenters. The molecule has 0 aliphatic carbocycles. The molecule has 0 aliphatic heterocycles. The maximum atomic E-state index is 8.49. The van der Waals surface area contributed by atoms with Crippen molar-refractivity contribution in [3.8, 4) is 17.8 Å². The molecule has 1 aromatic carbocycles. The van der Waals surface area contributed by atoms with Crippen molar-refractivity contribution >= 4 is 8.60 Å². The van der Waals surface area contributed by atoms with Crippen molar-refractivity contribution in [2.45, 2.75) is 0 Å². The molecule has 68 valence electrons. The van der Waals surface area contributed by atoms with E-state index in [2.05, 4.69) is 9.26 Å². The Balaban J connectivity index is 2.65. The van der Waals surface area contributed by atoms with Crippen molar-refractivity contribution in [1.82, 2.24) is 0 Å². The Morgan fingerprint density at radius 3 is 2.15 bits per heavy atom. The van der Waals surface area contributed by atoms with Gasteiger partial charge in [0.2, 0.25) is 0 Å². The Bertz CT molecular complexity index is 305. The van der Waals surface area contributed by atoms with Crippen LogP contribution in [0.3, 0.4) is 0 Å². The minimum absolute atomic E-state index is 0.307.